The van der Waals surface area contributed by atoms with Gasteiger partial charge in [-0.05, 0) is 42.5 Å². The summed E-state index contributed by atoms with van der Waals surface area (Å²) in [5.41, 5.74) is 1.40. The highest BCUT2D eigenvalue weighted by atomic mass is 35.5. The molecule has 0 aliphatic heterocycles. The maximum atomic E-state index is 11.9. The van der Waals surface area contributed by atoms with Gasteiger partial charge in [0.2, 0.25) is 5.91 Å². The lowest BCUT2D eigenvalue weighted by Crippen LogP contribution is -2.21. The molecule has 0 heterocycles. The number of halogens is 1. The van der Waals surface area contributed by atoms with Crippen LogP contribution in [0.5, 0.6) is 0 Å². The quantitative estimate of drug-likeness (QED) is 0.850. The second kappa shape index (κ2) is 7.34. The highest BCUT2D eigenvalue weighted by Crippen LogP contribution is 2.19. The van der Waals surface area contributed by atoms with Gasteiger partial charge in [-0.2, -0.15) is 5.26 Å². The van der Waals surface area contributed by atoms with Crippen LogP contribution in [0.25, 0.3) is 0 Å². The molecule has 2 aromatic rings. The average Bonchev–Trinajstić information content (AvgIpc) is 2.53. The van der Waals surface area contributed by atoms with Gasteiger partial charge in [0.15, 0.2) is 9.84 Å². The van der Waals surface area contributed by atoms with Crippen LogP contribution in [-0.2, 0) is 14.6 Å². The molecule has 0 radical (unpaired) electrons. The summed E-state index contributed by atoms with van der Waals surface area (Å²) in [7, 11) is -3.27. The molecule has 1 amide bonds. The van der Waals surface area contributed by atoms with Gasteiger partial charge < -0.3 is 10.6 Å². The van der Waals surface area contributed by atoms with Crippen LogP contribution in [0.15, 0.2) is 47.4 Å². The lowest BCUT2D eigenvalue weighted by Gasteiger charge is -2.09. The SMILES string of the molecule is CS(=O)(=O)c1ccc(NC(=O)CNc2ccc(Cl)c(C#N)c2)cc1. The molecular formula is C16H14ClN3O3S. The Hall–Kier alpha value is -2.56. The number of amides is 1. The molecule has 8 heteroatoms. The van der Waals surface area contributed by atoms with Gasteiger partial charge in [-0.15, -0.1) is 0 Å². The number of carbonyl (C=O) groups is 1. The highest BCUT2D eigenvalue weighted by molar-refractivity contribution is 7.90. The number of rotatable bonds is 5. The smallest absolute Gasteiger partial charge is 0.243 e. The molecule has 0 saturated heterocycles. The Morgan fingerprint density at radius 1 is 1.17 bits per heavy atom. The minimum Gasteiger partial charge on any atom is -0.376 e. The van der Waals surface area contributed by atoms with Crippen molar-refractivity contribution in [3.63, 3.8) is 0 Å². The topological polar surface area (TPSA) is 99.1 Å². The standard InChI is InChI=1S/C16H14ClN3O3S/c1-24(22,23)14-5-2-12(3-6-14)20-16(21)10-19-13-4-7-15(17)11(8-13)9-18/h2-8,19H,10H2,1H3,(H,20,21). The van der Waals surface area contributed by atoms with Crippen molar-refractivity contribution in [3.8, 4) is 6.07 Å². The summed E-state index contributed by atoms with van der Waals surface area (Å²) in [4.78, 5) is 12.1. The molecule has 0 unspecified atom stereocenters. The number of hydrogen-bond acceptors (Lipinski definition) is 5. The van der Waals surface area contributed by atoms with Crippen LogP contribution in [0.3, 0.4) is 0 Å². The van der Waals surface area contributed by atoms with Gasteiger partial charge in [-0.25, -0.2) is 8.42 Å². The maximum absolute atomic E-state index is 11.9. The van der Waals surface area contributed by atoms with Crippen LogP contribution in [0, 0.1) is 11.3 Å². The largest absolute Gasteiger partial charge is 0.376 e. The van der Waals surface area contributed by atoms with Crippen LogP contribution < -0.4 is 10.6 Å². The summed E-state index contributed by atoms with van der Waals surface area (Å²) < 4.78 is 22.7. The van der Waals surface area contributed by atoms with E-state index in [0.717, 1.165) is 6.26 Å². The molecule has 0 atom stereocenters. The Labute approximate surface area is 145 Å². The summed E-state index contributed by atoms with van der Waals surface area (Å²) in [6, 6.07) is 12.6. The van der Waals surface area contributed by atoms with E-state index in [2.05, 4.69) is 10.6 Å². The number of sulfone groups is 1. The Morgan fingerprint density at radius 2 is 1.79 bits per heavy atom. The van der Waals surface area contributed by atoms with Crippen LogP contribution >= 0.6 is 11.6 Å². The zero-order valence-corrected chi connectivity index (χ0v) is 14.3. The fourth-order valence-electron chi connectivity index (χ4n) is 1.89. The predicted octanol–water partition coefficient (Wildman–Crippen LogP) is 2.67. The van der Waals surface area contributed by atoms with Crippen LogP contribution in [0.4, 0.5) is 11.4 Å². The summed E-state index contributed by atoms with van der Waals surface area (Å²) in [5, 5.41) is 14.8. The van der Waals surface area contributed by atoms with Crippen molar-refractivity contribution in [2.75, 3.05) is 23.4 Å². The first-order chi connectivity index (χ1) is 11.3. The highest BCUT2D eigenvalue weighted by Gasteiger charge is 2.08. The number of carbonyl (C=O) groups excluding carboxylic acids is 1. The molecule has 0 bridgehead atoms. The third kappa shape index (κ3) is 4.72. The number of nitrogens with zero attached hydrogens (tertiary/aromatic N) is 1. The van der Waals surface area contributed by atoms with E-state index < -0.39 is 9.84 Å². The molecule has 124 valence electrons. The molecule has 0 saturated carbocycles. The van der Waals surface area contributed by atoms with Crippen molar-refractivity contribution >= 4 is 38.7 Å². The normalized spacial score (nSPS) is 10.7. The predicted molar refractivity (Wildman–Crippen MR) is 92.8 cm³/mol. The third-order valence-electron chi connectivity index (χ3n) is 3.11. The van der Waals surface area contributed by atoms with Crippen molar-refractivity contribution < 1.29 is 13.2 Å². The van der Waals surface area contributed by atoms with E-state index in [1.54, 1.807) is 18.2 Å². The fourth-order valence-corrected chi connectivity index (χ4v) is 2.68. The van der Waals surface area contributed by atoms with Crippen molar-refractivity contribution in [3.05, 3.63) is 53.1 Å². The van der Waals surface area contributed by atoms with E-state index in [0.29, 0.717) is 22.0 Å². The van der Waals surface area contributed by atoms with Crippen molar-refractivity contribution in [2.24, 2.45) is 0 Å². The maximum Gasteiger partial charge on any atom is 0.243 e. The van der Waals surface area contributed by atoms with Gasteiger partial charge >= 0.3 is 0 Å². The van der Waals surface area contributed by atoms with Gasteiger partial charge in [0.05, 0.1) is 22.0 Å². The second-order valence-corrected chi connectivity index (χ2v) is 7.43. The first kappa shape index (κ1) is 17.8. The van der Waals surface area contributed by atoms with E-state index in [-0.39, 0.29) is 17.3 Å². The zero-order valence-electron chi connectivity index (χ0n) is 12.7. The number of hydrogen-bond donors (Lipinski definition) is 2. The monoisotopic (exact) mass is 363 g/mol. The third-order valence-corrected chi connectivity index (χ3v) is 4.56. The van der Waals surface area contributed by atoms with Gasteiger partial charge in [0.1, 0.15) is 6.07 Å². The molecule has 2 N–H and O–H groups in total. The second-order valence-electron chi connectivity index (χ2n) is 5.00. The molecule has 24 heavy (non-hydrogen) atoms. The van der Waals surface area contributed by atoms with Crippen molar-refractivity contribution in [1.29, 1.82) is 5.26 Å². The molecule has 6 nitrogen and oxygen atoms in total. The van der Waals surface area contributed by atoms with Crippen LogP contribution in [-0.4, -0.2) is 27.1 Å². The van der Waals surface area contributed by atoms with Crippen molar-refractivity contribution in [1.82, 2.24) is 0 Å². The van der Waals surface area contributed by atoms with Gasteiger partial charge in [-0.1, -0.05) is 11.6 Å². The Balaban J connectivity index is 1.95. The van der Waals surface area contributed by atoms with Gasteiger partial charge in [-0.3, -0.25) is 4.79 Å². The minimum atomic E-state index is -3.27. The number of benzene rings is 2. The van der Waals surface area contributed by atoms with Crippen molar-refractivity contribution in [2.45, 2.75) is 4.90 Å². The van der Waals surface area contributed by atoms with E-state index in [1.807, 2.05) is 6.07 Å². The molecule has 0 aromatic heterocycles. The van der Waals surface area contributed by atoms with Gasteiger partial charge in [0.25, 0.3) is 0 Å². The van der Waals surface area contributed by atoms with E-state index >= 15 is 0 Å². The number of nitrogens with one attached hydrogen (secondary N) is 2. The summed E-state index contributed by atoms with van der Waals surface area (Å²) in [5.74, 6) is -0.310. The molecule has 0 aliphatic rings. The molecule has 0 aliphatic carbocycles. The molecule has 0 fully saturated rings. The Kier molecular flexibility index (Phi) is 5.44. The molecule has 0 spiro atoms. The first-order valence-electron chi connectivity index (χ1n) is 6.83. The van der Waals surface area contributed by atoms with Crippen LogP contribution in [0.2, 0.25) is 5.02 Å². The van der Waals surface area contributed by atoms with Crippen LogP contribution in [0.1, 0.15) is 5.56 Å². The van der Waals surface area contributed by atoms with E-state index in [4.69, 9.17) is 16.9 Å². The average molecular weight is 364 g/mol. The first-order valence-corrected chi connectivity index (χ1v) is 9.10. The van der Waals surface area contributed by atoms with E-state index in [1.165, 1.54) is 24.3 Å². The molecule has 2 rings (SSSR count). The molecular weight excluding hydrogens is 350 g/mol. The number of anilines is 2. The number of nitriles is 1. The Morgan fingerprint density at radius 3 is 2.38 bits per heavy atom. The lowest BCUT2D eigenvalue weighted by molar-refractivity contribution is -0.114. The van der Waals surface area contributed by atoms with E-state index in [9.17, 15) is 13.2 Å². The fraction of sp³-hybridized carbons (Fsp3) is 0.125. The zero-order chi connectivity index (χ0) is 17.7. The van der Waals surface area contributed by atoms with Gasteiger partial charge in [0, 0.05) is 17.6 Å². The minimum absolute atomic E-state index is 0.0136. The summed E-state index contributed by atoms with van der Waals surface area (Å²) in [6.07, 6.45) is 1.12. The summed E-state index contributed by atoms with van der Waals surface area (Å²) >= 11 is 5.84. The summed E-state index contributed by atoms with van der Waals surface area (Å²) in [6.45, 7) is -0.0136. The Bertz CT molecular complexity index is 903. The lowest BCUT2D eigenvalue weighted by atomic mass is 10.2. The molecule has 2 aromatic carbocycles.